The summed E-state index contributed by atoms with van der Waals surface area (Å²) in [5.41, 5.74) is 3.68. The van der Waals surface area contributed by atoms with Gasteiger partial charge in [-0.25, -0.2) is 4.98 Å². The topological polar surface area (TPSA) is 85.1 Å². The molecule has 0 radical (unpaired) electrons. The van der Waals surface area contributed by atoms with Crippen LogP contribution in [0.5, 0.6) is 0 Å². The summed E-state index contributed by atoms with van der Waals surface area (Å²) in [6, 6.07) is 11.7. The standard InChI is InChI=1S/C18H16N6OS2/c1-11-3-5-13(6-4-11)17-22-21-14-7-8-16(23-24(14)17)26-10-15(25)20-18-19-12(2)9-27-18/h3-9H,10H2,1-2H3,(H,19,20,25). The summed E-state index contributed by atoms with van der Waals surface area (Å²) in [5.74, 6) is 0.813. The molecule has 0 saturated heterocycles. The van der Waals surface area contributed by atoms with Gasteiger partial charge in [-0.05, 0) is 26.0 Å². The number of anilines is 1. The molecule has 3 aromatic heterocycles. The highest BCUT2D eigenvalue weighted by atomic mass is 32.2. The molecule has 0 aliphatic heterocycles. The second-order valence-corrected chi connectivity index (χ2v) is 7.82. The van der Waals surface area contributed by atoms with Gasteiger partial charge in [0.05, 0.1) is 11.4 Å². The van der Waals surface area contributed by atoms with E-state index < -0.39 is 0 Å². The fourth-order valence-electron chi connectivity index (χ4n) is 2.44. The van der Waals surface area contributed by atoms with Crippen molar-refractivity contribution in [3.8, 4) is 11.4 Å². The fourth-order valence-corrected chi connectivity index (χ4v) is 3.80. The molecule has 0 fully saturated rings. The predicted octanol–water partition coefficient (Wildman–Crippen LogP) is 3.60. The first kappa shape index (κ1) is 17.6. The number of nitrogens with one attached hydrogen (secondary N) is 1. The van der Waals surface area contributed by atoms with Gasteiger partial charge in [-0.2, -0.15) is 9.61 Å². The van der Waals surface area contributed by atoms with Crippen LogP contribution in [0.25, 0.3) is 17.0 Å². The molecule has 1 aromatic carbocycles. The lowest BCUT2D eigenvalue weighted by Gasteiger charge is -2.04. The third kappa shape index (κ3) is 3.99. The second kappa shape index (κ2) is 7.45. The normalized spacial score (nSPS) is 11.0. The minimum Gasteiger partial charge on any atom is -0.301 e. The Bertz CT molecular complexity index is 1100. The lowest BCUT2D eigenvalue weighted by atomic mass is 10.1. The molecule has 0 atom stereocenters. The van der Waals surface area contributed by atoms with Crippen molar-refractivity contribution in [2.45, 2.75) is 18.9 Å². The van der Waals surface area contributed by atoms with E-state index in [-0.39, 0.29) is 11.7 Å². The molecular formula is C18H16N6OS2. The van der Waals surface area contributed by atoms with Gasteiger partial charge in [0.15, 0.2) is 16.6 Å². The minimum absolute atomic E-state index is 0.112. The number of hydrogen-bond acceptors (Lipinski definition) is 7. The SMILES string of the molecule is Cc1ccc(-c2nnc3ccc(SCC(=O)Nc4nc(C)cs4)nn23)cc1. The van der Waals surface area contributed by atoms with Crippen LogP contribution in [-0.2, 0) is 4.79 Å². The largest absolute Gasteiger partial charge is 0.301 e. The number of nitrogens with zero attached hydrogens (tertiary/aromatic N) is 5. The van der Waals surface area contributed by atoms with Crippen LogP contribution in [0.1, 0.15) is 11.3 Å². The molecule has 3 heterocycles. The number of thioether (sulfide) groups is 1. The van der Waals surface area contributed by atoms with Crippen LogP contribution in [0.4, 0.5) is 5.13 Å². The van der Waals surface area contributed by atoms with Gasteiger partial charge in [0, 0.05) is 10.9 Å². The molecule has 7 nitrogen and oxygen atoms in total. The molecule has 27 heavy (non-hydrogen) atoms. The summed E-state index contributed by atoms with van der Waals surface area (Å²) in [4.78, 5) is 16.3. The van der Waals surface area contributed by atoms with Crippen LogP contribution in [0.2, 0.25) is 0 Å². The van der Waals surface area contributed by atoms with Gasteiger partial charge in [0.1, 0.15) is 5.03 Å². The molecule has 0 aliphatic carbocycles. The van der Waals surface area contributed by atoms with Gasteiger partial charge in [-0.1, -0.05) is 41.6 Å². The molecule has 136 valence electrons. The molecule has 4 aromatic rings. The Hall–Kier alpha value is -2.78. The molecule has 0 aliphatic rings. The molecule has 0 spiro atoms. The fraction of sp³-hybridized carbons (Fsp3) is 0.167. The van der Waals surface area contributed by atoms with Gasteiger partial charge in [-0.3, -0.25) is 4.79 Å². The molecule has 0 unspecified atom stereocenters. The zero-order chi connectivity index (χ0) is 18.8. The summed E-state index contributed by atoms with van der Waals surface area (Å²) in [5, 5.41) is 19.0. The number of thiazole rings is 1. The minimum atomic E-state index is -0.112. The Kier molecular flexibility index (Phi) is 4.87. The molecule has 9 heteroatoms. The maximum absolute atomic E-state index is 12.1. The predicted molar refractivity (Wildman–Crippen MR) is 107 cm³/mol. The van der Waals surface area contributed by atoms with Crippen molar-refractivity contribution in [2.24, 2.45) is 0 Å². The highest BCUT2D eigenvalue weighted by molar-refractivity contribution is 7.99. The van der Waals surface area contributed by atoms with E-state index in [1.807, 2.05) is 55.6 Å². The van der Waals surface area contributed by atoms with Crippen LogP contribution >= 0.6 is 23.1 Å². The first-order valence-corrected chi connectivity index (χ1v) is 10.1. The summed E-state index contributed by atoms with van der Waals surface area (Å²) < 4.78 is 1.70. The van der Waals surface area contributed by atoms with E-state index in [1.165, 1.54) is 28.7 Å². The van der Waals surface area contributed by atoms with Crippen LogP contribution in [0.15, 0.2) is 46.8 Å². The maximum Gasteiger partial charge on any atom is 0.236 e. The average Bonchev–Trinajstić information content (AvgIpc) is 3.26. The summed E-state index contributed by atoms with van der Waals surface area (Å²) >= 11 is 2.77. The van der Waals surface area contributed by atoms with Crippen molar-refractivity contribution in [3.63, 3.8) is 0 Å². The zero-order valence-corrected chi connectivity index (χ0v) is 16.3. The molecule has 1 N–H and O–H groups in total. The van der Waals surface area contributed by atoms with Crippen LogP contribution < -0.4 is 5.32 Å². The van der Waals surface area contributed by atoms with Crippen molar-refractivity contribution >= 4 is 39.8 Å². The van der Waals surface area contributed by atoms with Crippen LogP contribution in [0, 0.1) is 13.8 Å². The second-order valence-electron chi connectivity index (χ2n) is 5.96. The third-order valence-corrected chi connectivity index (χ3v) is 5.56. The number of aromatic nitrogens is 5. The van der Waals surface area contributed by atoms with Crippen molar-refractivity contribution in [2.75, 3.05) is 11.1 Å². The number of carbonyl (C=O) groups excluding carboxylic acids is 1. The Balaban J connectivity index is 1.50. The first-order chi connectivity index (χ1) is 13.1. The van der Waals surface area contributed by atoms with E-state index in [4.69, 9.17) is 0 Å². The van der Waals surface area contributed by atoms with Crippen LogP contribution in [0.3, 0.4) is 0 Å². The Morgan fingerprint density at radius 3 is 2.70 bits per heavy atom. The highest BCUT2D eigenvalue weighted by Crippen LogP contribution is 2.21. The first-order valence-electron chi connectivity index (χ1n) is 8.23. The Morgan fingerprint density at radius 2 is 1.96 bits per heavy atom. The number of amides is 1. The van der Waals surface area contributed by atoms with Gasteiger partial charge in [0.2, 0.25) is 5.91 Å². The van der Waals surface area contributed by atoms with E-state index >= 15 is 0 Å². The van der Waals surface area contributed by atoms with E-state index in [0.29, 0.717) is 16.6 Å². The number of carbonyl (C=O) groups is 1. The number of aryl methyl sites for hydroxylation is 2. The monoisotopic (exact) mass is 396 g/mol. The maximum atomic E-state index is 12.1. The number of rotatable bonds is 5. The quantitative estimate of drug-likeness (QED) is 0.519. The summed E-state index contributed by atoms with van der Waals surface area (Å²) in [6.45, 7) is 3.93. The Morgan fingerprint density at radius 1 is 1.15 bits per heavy atom. The molecular weight excluding hydrogens is 380 g/mol. The highest BCUT2D eigenvalue weighted by Gasteiger charge is 2.12. The number of benzene rings is 1. The Labute approximate surface area is 163 Å². The van der Waals surface area contributed by atoms with E-state index in [9.17, 15) is 4.79 Å². The average molecular weight is 397 g/mol. The lowest BCUT2D eigenvalue weighted by molar-refractivity contribution is -0.113. The third-order valence-electron chi connectivity index (χ3n) is 3.76. The summed E-state index contributed by atoms with van der Waals surface area (Å²) in [7, 11) is 0. The lowest BCUT2D eigenvalue weighted by Crippen LogP contribution is -2.14. The van der Waals surface area contributed by atoms with Crippen molar-refractivity contribution in [3.05, 3.63) is 53.0 Å². The number of hydrogen-bond donors (Lipinski definition) is 1. The number of fused-ring (bicyclic) bond motifs is 1. The molecule has 4 rings (SSSR count). The van der Waals surface area contributed by atoms with Gasteiger partial charge < -0.3 is 5.32 Å². The smallest absolute Gasteiger partial charge is 0.236 e. The molecule has 0 saturated carbocycles. The van der Waals surface area contributed by atoms with Crippen molar-refractivity contribution < 1.29 is 4.79 Å². The van der Waals surface area contributed by atoms with E-state index in [1.54, 1.807) is 4.52 Å². The molecule has 0 bridgehead atoms. The van der Waals surface area contributed by atoms with Crippen molar-refractivity contribution in [1.29, 1.82) is 0 Å². The van der Waals surface area contributed by atoms with Crippen LogP contribution in [-0.4, -0.2) is 36.5 Å². The van der Waals surface area contributed by atoms with Crippen molar-refractivity contribution in [1.82, 2.24) is 24.8 Å². The van der Waals surface area contributed by atoms with Gasteiger partial charge >= 0.3 is 0 Å². The van der Waals surface area contributed by atoms with E-state index in [0.717, 1.165) is 16.3 Å². The van der Waals surface area contributed by atoms with E-state index in [2.05, 4.69) is 25.6 Å². The van der Waals surface area contributed by atoms with Gasteiger partial charge in [0.25, 0.3) is 0 Å². The van der Waals surface area contributed by atoms with Gasteiger partial charge in [-0.15, -0.1) is 21.5 Å². The summed E-state index contributed by atoms with van der Waals surface area (Å²) in [6.07, 6.45) is 0. The molecule has 1 amide bonds. The zero-order valence-electron chi connectivity index (χ0n) is 14.7.